The summed E-state index contributed by atoms with van der Waals surface area (Å²) in [5.41, 5.74) is 4.13. The normalized spacial score (nSPS) is 10.4. The van der Waals surface area contributed by atoms with Gasteiger partial charge in [-0.1, -0.05) is 6.42 Å². The molecule has 0 heterocycles. The van der Waals surface area contributed by atoms with Crippen molar-refractivity contribution in [2.75, 3.05) is 24.3 Å². The van der Waals surface area contributed by atoms with Crippen molar-refractivity contribution in [2.24, 2.45) is 0 Å². The molecule has 0 aliphatic heterocycles. The van der Waals surface area contributed by atoms with Crippen molar-refractivity contribution in [3.63, 3.8) is 0 Å². The highest BCUT2D eigenvalue weighted by atomic mass is 32.2. The van der Waals surface area contributed by atoms with E-state index in [0.717, 1.165) is 37.1 Å². The highest BCUT2D eigenvalue weighted by molar-refractivity contribution is 7.98. The van der Waals surface area contributed by atoms with Crippen LogP contribution in [0.2, 0.25) is 0 Å². The van der Waals surface area contributed by atoms with Crippen LogP contribution in [0.4, 0.5) is 15.8 Å². The first-order valence-electron chi connectivity index (χ1n) is 6.48. The maximum Gasteiger partial charge on any atom is 0.293 e. The molecule has 0 atom stereocenters. The molecular weight excluding hydrogens is 297 g/mol. The van der Waals surface area contributed by atoms with Gasteiger partial charge in [0.05, 0.1) is 4.92 Å². The number of hydrogen-bond acceptors (Lipinski definition) is 5. The Bertz CT molecular complexity index is 526. The molecule has 1 aromatic rings. The molecule has 1 rings (SSSR count). The Morgan fingerprint density at radius 1 is 1.43 bits per heavy atom. The lowest BCUT2D eigenvalue weighted by Crippen LogP contribution is -2.26. The third-order valence-electron chi connectivity index (χ3n) is 2.91. The van der Waals surface area contributed by atoms with Crippen molar-refractivity contribution in [1.29, 1.82) is 0 Å². The van der Waals surface area contributed by atoms with Gasteiger partial charge in [-0.2, -0.15) is 11.8 Å². The molecule has 1 amide bonds. The van der Waals surface area contributed by atoms with Crippen molar-refractivity contribution < 1.29 is 14.1 Å². The minimum atomic E-state index is -0.863. The molecule has 0 aromatic heterocycles. The number of unbranched alkanes of at least 4 members (excludes halogenated alkanes) is 2. The van der Waals surface area contributed by atoms with Gasteiger partial charge in [-0.15, -0.1) is 0 Å². The Labute approximate surface area is 126 Å². The van der Waals surface area contributed by atoms with Gasteiger partial charge in [0, 0.05) is 12.6 Å². The molecule has 21 heavy (non-hydrogen) atoms. The molecule has 8 heteroatoms. The fourth-order valence-electron chi connectivity index (χ4n) is 1.81. The van der Waals surface area contributed by atoms with Crippen LogP contribution in [0.3, 0.4) is 0 Å². The summed E-state index contributed by atoms with van der Waals surface area (Å²) < 4.78 is 13.7. The fraction of sp³-hybridized carbons (Fsp3) is 0.462. The van der Waals surface area contributed by atoms with Crippen molar-refractivity contribution in [2.45, 2.75) is 19.3 Å². The Morgan fingerprint density at radius 2 is 2.14 bits per heavy atom. The maximum atomic E-state index is 13.7. The zero-order chi connectivity index (χ0) is 15.8. The predicted octanol–water partition coefficient (Wildman–Crippen LogP) is 2.58. The molecule has 116 valence electrons. The lowest BCUT2D eigenvalue weighted by Gasteiger charge is -2.08. The summed E-state index contributed by atoms with van der Waals surface area (Å²) in [5, 5.41) is 13.3. The Balaban J connectivity index is 2.66. The van der Waals surface area contributed by atoms with Gasteiger partial charge in [-0.3, -0.25) is 14.9 Å². The van der Waals surface area contributed by atoms with Crippen molar-refractivity contribution >= 4 is 29.0 Å². The van der Waals surface area contributed by atoms with E-state index in [0.29, 0.717) is 6.54 Å². The van der Waals surface area contributed by atoms with Gasteiger partial charge in [0.2, 0.25) is 0 Å². The van der Waals surface area contributed by atoms with E-state index < -0.39 is 33.6 Å². The number of nitro groups is 1. The van der Waals surface area contributed by atoms with Crippen LogP contribution in [0, 0.1) is 15.9 Å². The molecule has 0 radical (unpaired) electrons. The lowest BCUT2D eigenvalue weighted by molar-refractivity contribution is -0.384. The summed E-state index contributed by atoms with van der Waals surface area (Å²) in [4.78, 5) is 21.9. The largest absolute Gasteiger partial charge is 0.392 e. The number of carbonyl (C=O) groups is 1. The number of hydrogen-bond donors (Lipinski definition) is 2. The highest BCUT2D eigenvalue weighted by Crippen LogP contribution is 2.27. The van der Waals surface area contributed by atoms with Crippen molar-refractivity contribution in [3.05, 3.63) is 33.6 Å². The zero-order valence-corrected chi connectivity index (χ0v) is 12.5. The third kappa shape index (κ3) is 4.89. The molecule has 0 unspecified atom stereocenters. The van der Waals surface area contributed by atoms with E-state index in [2.05, 4.69) is 5.32 Å². The molecule has 3 N–H and O–H groups in total. The van der Waals surface area contributed by atoms with Crippen molar-refractivity contribution in [1.82, 2.24) is 5.32 Å². The first-order chi connectivity index (χ1) is 9.99. The van der Waals surface area contributed by atoms with Gasteiger partial charge >= 0.3 is 0 Å². The monoisotopic (exact) mass is 315 g/mol. The van der Waals surface area contributed by atoms with Gasteiger partial charge in [-0.05, 0) is 30.9 Å². The average molecular weight is 315 g/mol. The number of nitrogens with two attached hydrogens (primary N) is 1. The van der Waals surface area contributed by atoms with Crippen LogP contribution >= 0.6 is 11.8 Å². The van der Waals surface area contributed by atoms with E-state index in [4.69, 9.17) is 5.73 Å². The number of nitrogens with zero attached hydrogens (tertiary/aromatic N) is 1. The van der Waals surface area contributed by atoms with Crippen LogP contribution in [-0.2, 0) is 0 Å². The summed E-state index contributed by atoms with van der Waals surface area (Å²) in [5.74, 6) is -0.531. The quantitative estimate of drug-likeness (QED) is 0.332. The minimum absolute atomic E-state index is 0.384. The van der Waals surface area contributed by atoms with E-state index in [1.165, 1.54) is 0 Å². The summed E-state index contributed by atoms with van der Waals surface area (Å²) >= 11 is 1.75. The number of amides is 1. The van der Waals surface area contributed by atoms with E-state index in [9.17, 15) is 19.3 Å². The number of thioether (sulfide) groups is 1. The second-order valence-electron chi connectivity index (χ2n) is 4.42. The van der Waals surface area contributed by atoms with Crippen LogP contribution in [0.15, 0.2) is 12.1 Å². The van der Waals surface area contributed by atoms with Gasteiger partial charge < -0.3 is 11.1 Å². The van der Waals surface area contributed by atoms with Gasteiger partial charge in [0.25, 0.3) is 11.6 Å². The van der Waals surface area contributed by atoms with Crippen LogP contribution in [-0.4, -0.2) is 29.4 Å². The summed E-state index contributed by atoms with van der Waals surface area (Å²) in [6, 6.07) is 1.83. The number of nitrogens with one attached hydrogen (secondary N) is 1. The molecule has 0 fully saturated rings. The molecule has 0 bridgehead atoms. The van der Waals surface area contributed by atoms with E-state index in [1.54, 1.807) is 11.8 Å². The van der Waals surface area contributed by atoms with Crippen LogP contribution < -0.4 is 11.1 Å². The number of rotatable bonds is 8. The topological polar surface area (TPSA) is 98.3 Å². The van der Waals surface area contributed by atoms with Crippen molar-refractivity contribution in [3.8, 4) is 0 Å². The first-order valence-corrected chi connectivity index (χ1v) is 7.88. The lowest BCUT2D eigenvalue weighted by atomic mass is 10.1. The molecule has 0 saturated heterocycles. The second-order valence-corrected chi connectivity index (χ2v) is 5.41. The minimum Gasteiger partial charge on any atom is -0.392 e. The molecule has 0 spiro atoms. The average Bonchev–Trinajstić information content (AvgIpc) is 2.42. The van der Waals surface area contributed by atoms with Gasteiger partial charge in [-0.25, -0.2) is 4.39 Å². The SMILES string of the molecule is CSCCCCCNC(=O)c1c(F)ccc([N+](=O)[O-])c1N. The number of nitrogen functional groups attached to an aromatic ring is 1. The van der Waals surface area contributed by atoms with Gasteiger partial charge in [0.1, 0.15) is 17.1 Å². The van der Waals surface area contributed by atoms with Crippen LogP contribution in [0.25, 0.3) is 0 Å². The number of nitro benzene ring substituents is 1. The Morgan fingerprint density at radius 3 is 2.76 bits per heavy atom. The van der Waals surface area contributed by atoms with E-state index in [1.807, 2.05) is 6.26 Å². The second kappa shape index (κ2) is 8.46. The molecular formula is C13H18FN3O3S. The Hall–Kier alpha value is -1.83. The Kier molecular flexibility index (Phi) is 6.93. The molecule has 0 saturated carbocycles. The molecule has 0 aliphatic rings. The van der Waals surface area contributed by atoms with Gasteiger partial charge in [0.15, 0.2) is 0 Å². The highest BCUT2D eigenvalue weighted by Gasteiger charge is 2.23. The fourth-order valence-corrected chi connectivity index (χ4v) is 2.30. The standard InChI is InChI=1S/C13H18FN3O3S/c1-21-8-4-2-3-7-16-13(18)11-9(14)5-6-10(12(11)15)17(19)20/h5-6H,2-4,7-8,15H2,1H3,(H,16,18). The van der Waals surface area contributed by atoms with Crippen LogP contribution in [0.5, 0.6) is 0 Å². The summed E-state index contributed by atoms with van der Waals surface area (Å²) in [7, 11) is 0. The van der Waals surface area contributed by atoms with E-state index >= 15 is 0 Å². The predicted molar refractivity (Wildman–Crippen MR) is 82.0 cm³/mol. The smallest absolute Gasteiger partial charge is 0.293 e. The van der Waals surface area contributed by atoms with E-state index in [-0.39, 0.29) is 0 Å². The molecule has 6 nitrogen and oxygen atoms in total. The number of carbonyl (C=O) groups excluding carboxylic acids is 1. The first kappa shape index (κ1) is 17.2. The molecule has 1 aromatic carbocycles. The number of benzene rings is 1. The number of halogens is 1. The third-order valence-corrected chi connectivity index (χ3v) is 3.60. The summed E-state index contributed by atoms with van der Waals surface area (Å²) in [6.45, 7) is 0.384. The van der Waals surface area contributed by atoms with Crippen LogP contribution in [0.1, 0.15) is 29.6 Å². The zero-order valence-electron chi connectivity index (χ0n) is 11.7. The maximum absolute atomic E-state index is 13.7. The number of anilines is 1. The molecule has 0 aliphatic carbocycles. The summed E-state index contributed by atoms with van der Waals surface area (Å²) in [6.07, 6.45) is 4.79.